The summed E-state index contributed by atoms with van der Waals surface area (Å²) in [6.07, 6.45) is -2.44. The molecule has 0 unspecified atom stereocenters. The predicted molar refractivity (Wildman–Crippen MR) is 304 cm³/mol. The fraction of sp³-hybridized carbons (Fsp3) is 0.352. The Hall–Kier alpha value is -8.04. The molecule has 0 bridgehead atoms. The number of hydrogen-bond donors (Lipinski definition) is 2. The van der Waals surface area contributed by atoms with Crippen LogP contribution in [0.15, 0.2) is 120 Å². The van der Waals surface area contributed by atoms with Crippen molar-refractivity contribution in [3.05, 3.63) is 203 Å². The van der Waals surface area contributed by atoms with Crippen molar-refractivity contribution in [2.24, 2.45) is 0 Å². The lowest BCUT2D eigenvalue weighted by Gasteiger charge is -2.19. The number of benzene rings is 4. The van der Waals surface area contributed by atoms with E-state index in [2.05, 4.69) is 30.0 Å². The summed E-state index contributed by atoms with van der Waals surface area (Å²) in [5.74, 6) is -0.118. The van der Waals surface area contributed by atoms with Gasteiger partial charge in [-0.2, -0.15) is 15.0 Å². The third kappa shape index (κ3) is 18.8. The average Bonchev–Trinajstić information content (AvgIpc) is 3.49. The Morgan fingerprint density at radius 1 is 0.561 bits per heavy atom. The summed E-state index contributed by atoms with van der Waals surface area (Å²) in [5, 5.41) is 4.82. The number of aryl methyl sites for hydroxylation is 3. The molecule has 25 nitrogen and oxygen atoms in total. The zero-order chi connectivity index (χ0) is 60.2. The summed E-state index contributed by atoms with van der Waals surface area (Å²) in [6, 6.07) is 26.4. The normalized spacial score (nSPS) is 11.6. The molecule has 7 rings (SSSR count). The molecule has 82 heavy (non-hydrogen) atoms. The van der Waals surface area contributed by atoms with Crippen molar-refractivity contribution in [1.82, 2.24) is 42.8 Å². The first-order chi connectivity index (χ1) is 39.0. The Bertz CT molecular complexity index is 3660. The Morgan fingerprint density at radius 2 is 0.988 bits per heavy atom. The second-order valence-electron chi connectivity index (χ2n) is 17.9. The highest BCUT2D eigenvalue weighted by molar-refractivity contribution is 6.31. The summed E-state index contributed by atoms with van der Waals surface area (Å²) in [4.78, 5) is 112. The van der Waals surface area contributed by atoms with Crippen LogP contribution in [-0.4, -0.2) is 115 Å². The number of aromatic nitrogens is 9. The van der Waals surface area contributed by atoms with Crippen LogP contribution in [-0.2, 0) is 70.7 Å². The lowest BCUT2D eigenvalue weighted by molar-refractivity contribution is -0.164. The monoisotopic (exact) mass is 1190 g/mol. The minimum absolute atomic E-state index is 0.00741. The molecule has 0 aliphatic heterocycles. The first-order valence-corrected chi connectivity index (χ1v) is 25.9. The molecular weight excluding hydrogens is 1140 g/mol. The van der Waals surface area contributed by atoms with E-state index in [-0.39, 0.29) is 51.1 Å². The van der Waals surface area contributed by atoms with Gasteiger partial charge in [-0.05, 0) is 111 Å². The summed E-state index contributed by atoms with van der Waals surface area (Å²) < 4.78 is 41.0. The molecule has 0 spiro atoms. The fourth-order valence-corrected chi connectivity index (χ4v) is 7.84. The van der Waals surface area contributed by atoms with Crippen molar-refractivity contribution in [3.8, 4) is 5.75 Å². The second-order valence-corrected chi connectivity index (χ2v) is 19.2. The third-order valence-electron chi connectivity index (χ3n) is 11.6. The lowest BCUT2D eigenvalue weighted by Crippen LogP contribution is -2.47. The zero-order valence-electron chi connectivity index (χ0n) is 46.2. The van der Waals surface area contributed by atoms with Crippen molar-refractivity contribution in [2.45, 2.75) is 85.7 Å². The largest absolute Gasteiger partial charge is 0.491 e. The van der Waals surface area contributed by atoms with E-state index < -0.39 is 64.8 Å². The van der Waals surface area contributed by atoms with E-state index in [9.17, 15) is 38.4 Å². The van der Waals surface area contributed by atoms with Gasteiger partial charge in [0.2, 0.25) is 5.95 Å². The molecule has 2 N–H and O–H groups in total. The molecule has 0 amide bonds. The fourth-order valence-electron chi connectivity index (χ4n) is 7.46. The SMILES string of the molecule is COCO[C@@H](Cn1c(=O)nc(C)n(Cc2ccc(Cl)cc2)c1=O)C(=O)OC.COCO[C@@H](Cn1c(=O)nc(Nc2ccc(OC(C)C)c(C)c2)n(Cc2ccc(Cl)cc2)c1=O)C(=O)OC.Cc1nc(=O)[nH]c(=O)n1Cc1ccc(Cl)cc1. The molecule has 0 saturated heterocycles. The van der Waals surface area contributed by atoms with Crippen molar-refractivity contribution in [3.63, 3.8) is 0 Å². The van der Waals surface area contributed by atoms with Gasteiger partial charge in [0.25, 0.3) is 0 Å². The number of halogens is 3. The number of anilines is 2. The molecule has 4 aromatic carbocycles. The quantitative estimate of drug-likeness (QED) is 0.0691. The van der Waals surface area contributed by atoms with Gasteiger partial charge in [-0.3, -0.25) is 18.7 Å². The van der Waals surface area contributed by atoms with Crippen LogP contribution < -0.4 is 44.2 Å². The molecule has 0 saturated carbocycles. The minimum atomic E-state index is -1.26. The molecule has 0 aliphatic rings. The van der Waals surface area contributed by atoms with Crippen LogP contribution in [0.3, 0.4) is 0 Å². The number of ether oxygens (including phenoxy) is 7. The number of rotatable bonds is 22. The first kappa shape index (κ1) is 64.8. The first-order valence-electron chi connectivity index (χ1n) is 24.8. The molecular formula is C54H61Cl3N10O15. The van der Waals surface area contributed by atoms with Gasteiger partial charge in [-0.15, -0.1) is 0 Å². The third-order valence-corrected chi connectivity index (χ3v) is 12.3. The molecule has 2 atom stereocenters. The molecule has 3 heterocycles. The molecule has 438 valence electrons. The van der Waals surface area contributed by atoms with Crippen LogP contribution in [0, 0.1) is 20.8 Å². The lowest BCUT2D eigenvalue weighted by atomic mass is 10.2. The van der Waals surface area contributed by atoms with Gasteiger partial charge in [0.1, 0.15) is 31.0 Å². The number of aromatic amines is 1. The van der Waals surface area contributed by atoms with Gasteiger partial charge in [-0.1, -0.05) is 71.2 Å². The molecule has 0 radical (unpaired) electrons. The van der Waals surface area contributed by atoms with Crippen molar-refractivity contribution in [1.29, 1.82) is 0 Å². The maximum atomic E-state index is 13.6. The maximum Gasteiger partial charge on any atom is 0.355 e. The summed E-state index contributed by atoms with van der Waals surface area (Å²) in [5.41, 5.74) is -0.128. The standard InChI is InChI=1S/C26H31ClN4O7.C17H20ClN3O6.C11H10ClN3O2/c1-16(2)38-21-11-10-20(12-17(21)3)28-24-29-25(33)31(14-22(23(32)36-5)37-15-35-4)26(34)30(24)13-18-6-8-19(27)9-7-18;1-11-19-16(23)21(9-14(15(22)26-3)27-10-25-2)17(24)20(11)8-12-4-6-13(18)7-5-12;1-7-13-10(16)14-11(17)15(7)6-8-2-4-9(12)5-3-8/h6-12,16,22H,13-15H2,1-5H3,(H,28,29,33);4-7,14H,8-10H2,1-3H3;2-5H,6H2,1H3,(H,14,16,17)/t22-;14-;/m00./s1. The number of nitrogens with zero attached hydrogens (tertiary/aromatic N) is 8. The van der Waals surface area contributed by atoms with Crippen molar-refractivity contribution < 1.29 is 42.7 Å². The van der Waals surface area contributed by atoms with E-state index in [0.29, 0.717) is 33.1 Å². The van der Waals surface area contributed by atoms with Crippen LogP contribution in [0.5, 0.6) is 5.75 Å². The van der Waals surface area contributed by atoms with Gasteiger partial charge in [0.05, 0.1) is 53.0 Å². The average molecular weight is 1200 g/mol. The Labute approximate surface area is 483 Å². The van der Waals surface area contributed by atoms with Crippen molar-refractivity contribution in [2.75, 3.05) is 47.3 Å². The second kappa shape index (κ2) is 31.2. The van der Waals surface area contributed by atoms with E-state index in [1.54, 1.807) is 86.6 Å². The van der Waals surface area contributed by atoms with Gasteiger partial charge in [0.15, 0.2) is 12.2 Å². The number of methoxy groups -OCH3 is 4. The van der Waals surface area contributed by atoms with E-state index in [4.69, 9.17) is 63.2 Å². The number of nitrogens with one attached hydrogen (secondary N) is 2. The molecule has 0 fully saturated rings. The minimum Gasteiger partial charge on any atom is -0.491 e. The number of H-pyrrole nitrogens is 1. The number of carbonyl (C=O) groups is 2. The Kier molecular flexibility index (Phi) is 24.7. The topological polar surface area (TPSA) is 292 Å². The number of carbonyl (C=O) groups excluding carboxylic acids is 2. The van der Waals surface area contributed by atoms with Crippen LogP contribution >= 0.6 is 34.8 Å². The van der Waals surface area contributed by atoms with Gasteiger partial charge < -0.3 is 38.5 Å². The van der Waals surface area contributed by atoms with Crippen LogP contribution in [0.2, 0.25) is 15.1 Å². The zero-order valence-corrected chi connectivity index (χ0v) is 48.4. The summed E-state index contributed by atoms with van der Waals surface area (Å²) in [6.45, 7) is 8.35. The van der Waals surface area contributed by atoms with E-state index >= 15 is 0 Å². The van der Waals surface area contributed by atoms with Gasteiger partial charge >= 0.3 is 46.1 Å². The molecule has 0 aliphatic carbocycles. The molecule has 7 aromatic rings. The highest BCUT2D eigenvalue weighted by Crippen LogP contribution is 2.25. The smallest absolute Gasteiger partial charge is 0.355 e. The highest BCUT2D eigenvalue weighted by atomic mass is 35.5. The van der Waals surface area contributed by atoms with E-state index in [1.165, 1.54) is 42.1 Å². The number of hydrogen-bond acceptors (Lipinski definition) is 19. The number of esters is 2. The Balaban J connectivity index is 0.000000243. The van der Waals surface area contributed by atoms with Crippen LogP contribution in [0.4, 0.5) is 11.6 Å². The highest BCUT2D eigenvalue weighted by Gasteiger charge is 2.26. The van der Waals surface area contributed by atoms with Crippen LogP contribution in [0.25, 0.3) is 0 Å². The van der Waals surface area contributed by atoms with Crippen molar-refractivity contribution >= 4 is 58.4 Å². The predicted octanol–water partition coefficient (Wildman–Crippen LogP) is 4.63. The van der Waals surface area contributed by atoms with E-state index in [1.807, 2.05) is 39.0 Å². The Morgan fingerprint density at radius 3 is 1.41 bits per heavy atom. The molecule has 28 heteroatoms. The van der Waals surface area contributed by atoms with Gasteiger partial charge in [-0.25, -0.2) is 47.5 Å². The van der Waals surface area contributed by atoms with Gasteiger partial charge in [0, 0.05) is 35.0 Å². The maximum absolute atomic E-state index is 13.6. The molecule has 3 aromatic heterocycles. The van der Waals surface area contributed by atoms with Crippen LogP contribution in [0.1, 0.15) is 47.8 Å². The summed E-state index contributed by atoms with van der Waals surface area (Å²) in [7, 11) is 5.12. The van der Waals surface area contributed by atoms with E-state index in [0.717, 1.165) is 37.1 Å². The summed E-state index contributed by atoms with van der Waals surface area (Å²) >= 11 is 17.7.